The standard InChI is InChI=1S/C32H33ClN6O4/c1-18-14-26-24(17-37(18)29(40)22-8-11-25(33)27(15-22)34-4)28-30(41)38(16-19(2)39(28)36-26)20(3)21-6-9-23(10-7-21)43-32(12-13-32)31(42)35-5/h6-11,15,18-20H,12-14,16-17H2,1-3,5H3,(H,35,42)/t18-,19-,20-/m1/s1. The number of hydrogen-bond donors (Lipinski definition) is 1. The summed E-state index contributed by atoms with van der Waals surface area (Å²) < 4.78 is 7.83. The summed E-state index contributed by atoms with van der Waals surface area (Å²) in [6.45, 7) is 14.1. The fraction of sp³-hybridized carbons (Fsp3) is 0.406. The number of amides is 3. The number of aromatic nitrogens is 2. The normalized spacial score (nSPS) is 20.9. The molecule has 1 fully saturated rings. The quantitative estimate of drug-likeness (QED) is 0.396. The van der Waals surface area contributed by atoms with E-state index in [0.717, 1.165) is 16.8 Å². The van der Waals surface area contributed by atoms with Crippen molar-refractivity contribution < 1.29 is 19.1 Å². The van der Waals surface area contributed by atoms with Crippen molar-refractivity contribution in [2.75, 3.05) is 13.6 Å². The van der Waals surface area contributed by atoms with Crippen LogP contribution in [0.1, 0.15) is 83.4 Å². The van der Waals surface area contributed by atoms with E-state index >= 15 is 0 Å². The summed E-state index contributed by atoms with van der Waals surface area (Å²) in [5.74, 6) is 0.159. The molecule has 3 atom stereocenters. The van der Waals surface area contributed by atoms with E-state index in [2.05, 4.69) is 10.2 Å². The number of halogens is 1. The van der Waals surface area contributed by atoms with Gasteiger partial charge in [0.05, 0.1) is 30.9 Å². The molecule has 3 amide bonds. The van der Waals surface area contributed by atoms with Gasteiger partial charge in [-0.3, -0.25) is 19.1 Å². The van der Waals surface area contributed by atoms with Gasteiger partial charge in [0, 0.05) is 55.0 Å². The molecule has 3 aliphatic rings. The Morgan fingerprint density at radius 2 is 1.88 bits per heavy atom. The zero-order valence-electron chi connectivity index (χ0n) is 24.6. The van der Waals surface area contributed by atoms with E-state index in [9.17, 15) is 14.4 Å². The lowest BCUT2D eigenvalue weighted by Crippen LogP contribution is -2.45. The molecule has 10 nitrogen and oxygen atoms in total. The third-order valence-corrected chi connectivity index (χ3v) is 9.17. The molecule has 43 heavy (non-hydrogen) atoms. The minimum absolute atomic E-state index is 0.0532. The van der Waals surface area contributed by atoms with Crippen LogP contribution in [0.2, 0.25) is 5.02 Å². The van der Waals surface area contributed by atoms with Crippen molar-refractivity contribution in [3.05, 3.63) is 87.0 Å². The van der Waals surface area contributed by atoms with Crippen molar-refractivity contribution in [3.8, 4) is 5.75 Å². The first-order valence-corrected chi connectivity index (χ1v) is 14.8. The van der Waals surface area contributed by atoms with Crippen LogP contribution in [0.25, 0.3) is 4.85 Å². The van der Waals surface area contributed by atoms with E-state index in [1.54, 1.807) is 24.1 Å². The summed E-state index contributed by atoms with van der Waals surface area (Å²) in [7, 11) is 1.61. The summed E-state index contributed by atoms with van der Waals surface area (Å²) >= 11 is 6.10. The van der Waals surface area contributed by atoms with Crippen LogP contribution < -0.4 is 10.1 Å². The molecule has 1 saturated carbocycles. The van der Waals surface area contributed by atoms with E-state index in [-0.39, 0.29) is 48.1 Å². The predicted octanol–water partition coefficient (Wildman–Crippen LogP) is 5.11. The second-order valence-corrected chi connectivity index (χ2v) is 12.1. The number of fused-ring (bicyclic) bond motifs is 3. The van der Waals surface area contributed by atoms with Gasteiger partial charge in [-0.05, 0) is 44.5 Å². The molecule has 222 valence electrons. The Hall–Kier alpha value is -4.36. The highest BCUT2D eigenvalue weighted by Crippen LogP contribution is 2.41. The van der Waals surface area contributed by atoms with Gasteiger partial charge in [0.2, 0.25) is 5.69 Å². The van der Waals surface area contributed by atoms with Crippen LogP contribution >= 0.6 is 11.6 Å². The van der Waals surface area contributed by atoms with Crippen molar-refractivity contribution in [1.29, 1.82) is 0 Å². The third kappa shape index (κ3) is 4.91. The number of rotatable bonds is 6. The lowest BCUT2D eigenvalue weighted by atomic mass is 9.96. The molecule has 1 N–H and O–H groups in total. The van der Waals surface area contributed by atoms with Crippen LogP contribution in [0.15, 0.2) is 42.5 Å². The maximum atomic E-state index is 14.1. The molecule has 11 heteroatoms. The molecule has 2 aromatic carbocycles. The zero-order valence-corrected chi connectivity index (χ0v) is 25.3. The zero-order chi connectivity index (χ0) is 30.6. The van der Waals surface area contributed by atoms with Gasteiger partial charge in [-0.1, -0.05) is 35.9 Å². The van der Waals surface area contributed by atoms with E-state index in [4.69, 9.17) is 28.0 Å². The number of hydrogen-bond acceptors (Lipinski definition) is 5. The Balaban J connectivity index is 1.24. The fourth-order valence-electron chi connectivity index (χ4n) is 6.13. The largest absolute Gasteiger partial charge is 0.477 e. The molecule has 0 saturated heterocycles. The topological polar surface area (TPSA) is 101 Å². The maximum Gasteiger partial charge on any atom is 0.273 e. The summed E-state index contributed by atoms with van der Waals surface area (Å²) in [4.78, 5) is 46.9. The molecule has 0 bridgehead atoms. The minimum atomic E-state index is -0.781. The van der Waals surface area contributed by atoms with Crippen LogP contribution in [0.4, 0.5) is 5.69 Å². The van der Waals surface area contributed by atoms with Gasteiger partial charge >= 0.3 is 0 Å². The maximum absolute atomic E-state index is 14.1. The molecule has 2 aliphatic heterocycles. The number of likely N-dealkylation sites (N-methyl/N-ethyl adjacent to an activating group) is 1. The van der Waals surface area contributed by atoms with Gasteiger partial charge in [0.25, 0.3) is 17.7 Å². The van der Waals surface area contributed by atoms with E-state index in [1.165, 1.54) is 6.07 Å². The summed E-state index contributed by atoms with van der Waals surface area (Å²) in [5, 5.41) is 7.82. The molecule has 6 rings (SSSR count). The van der Waals surface area contributed by atoms with Crippen LogP contribution in [0, 0.1) is 6.57 Å². The van der Waals surface area contributed by atoms with Gasteiger partial charge in [-0.25, -0.2) is 4.85 Å². The van der Waals surface area contributed by atoms with Gasteiger partial charge in [0.15, 0.2) is 5.60 Å². The van der Waals surface area contributed by atoms with E-state index < -0.39 is 5.60 Å². The van der Waals surface area contributed by atoms with Crippen LogP contribution in [0.3, 0.4) is 0 Å². The molecule has 3 aromatic rings. The SMILES string of the molecule is [C-]#[N+]c1cc(C(=O)N2Cc3c(nn4c3C(=O)N([C@H](C)c3ccc(OC5(C(=O)NC)CC5)cc3)C[C@H]4C)C[C@H]2C)ccc1Cl. The fourth-order valence-corrected chi connectivity index (χ4v) is 6.29. The number of ether oxygens (including phenoxy) is 1. The Kier molecular flexibility index (Phi) is 7.17. The summed E-state index contributed by atoms with van der Waals surface area (Å²) in [6.07, 6.45) is 1.90. The average molecular weight is 601 g/mol. The lowest BCUT2D eigenvalue weighted by molar-refractivity contribution is -0.129. The number of benzene rings is 2. The molecule has 0 radical (unpaired) electrons. The first-order chi connectivity index (χ1) is 20.6. The van der Waals surface area contributed by atoms with Crippen molar-refractivity contribution in [1.82, 2.24) is 24.9 Å². The molecular weight excluding hydrogens is 568 g/mol. The number of nitrogens with zero attached hydrogens (tertiary/aromatic N) is 5. The minimum Gasteiger partial charge on any atom is -0.477 e. The van der Waals surface area contributed by atoms with E-state index in [0.29, 0.717) is 47.8 Å². The molecular formula is C32H33ClN6O4. The van der Waals surface area contributed by atoms with Crippen LogP contribution in [-0.2, 0) is 17.8 Å². The number of nitrogens with one attached hydrogen (secondary N) is 1. The first kappa shape index (κ1) is 28.7. The Labute approximate surface area is 255 Å². The van der Waals surface area contributed by atoms with Gasteiger partial charge in [-0.2, -0.15) is 5.10 Å². The third-order valence-electron chi connectivity index (χ3n) is 8.85. The number of carbonyl (C=O) groups excluding carboxylic acids is 3. The van der Waals surface area contributed by atoms with E-state index in [1.807, 2.05) is 54.6 Å². The summed E-state index contributed by atoms with van der Waals surface area (Å²) in [5.41, 5.74) is 2.91. The average Bonchev–Trinajstić information content (AvgIpc) is 3.69. The van der Waals surface area contributed by atoms with Crippen molar-refractivity contribution in [2.24, 2.45) is 0 Å². The Morgan fingerprint density at radius 1 is 1.16 bits per heavy atom. The molecule has 3 heterocycles. The highest BCUT2D eigenvalue weighted by atomic mass is 35.5. The monoisotopic (exact) mass is 600 g/mol. The van der Waals surface area contributed by atoms with Crippen LogP contribution in [0.5, 0.6) is 5.75 Å². The smallest absolute Gasteiger partial charge is 0.273 e. The molecule has 0 unspecified atom stereocenters. The highest BCUT2D eigenvalue weighted by Gasteiger charge is 2.52. The molecule has 1 aliphatic carbocycles. The number of carbonyl (C=O) groups is 3. The van der Waals surface area contributed by atoms with Gasteiger partial charge in [0.1, 0.15) is 11.4 Å². The second kappa shape index (κ2) is 10.7. The lowest BCUT2D eigenvalue weighted by Gasteiger charge is -2.37. The van der Waals surface area contributed by atoms with Gasteiger partial charge < -0.3 is 19.9 Å². The van der Waals surface area contributed by atoms with Gasteiger partial charge in [-0.15, -0.1) is 0 Å². The Bertz CT molecular complexity index is 1670. The van der Waals surface area contributed by atoms with Crippen molar-refractivity contribution in [2.45, 2.75) is 70.3 Å². The van der Waals surface area contributed by atoms with Crippen molar-refractivity contribution in [3.63, 3.8) is 0 Å². The predicted molar refractivity (Wildman–Crippen MR) is 160 cm³/mol. The molecule has 0 spiro atoms. The van der Waals surface area contributed by atoms with Crippen molar-refractivity contribution >= 4 is 35.0 Å². The molecule has 1 aromatic heterocycles. The highest BCUT2D eigenvalue weighted by molar-refractivity contribution is 6.33. The van der Waals surface area contributed by atoms with Crippen LogP contribution in [-0.4, -0.2) is 62.5 Å². The summed E-state index contributed by atoms with van der Waals surface area (Å²) in [6, 6.07) is 11.9. The second-order valence-electron chi connectivity index (χ2n) is 11.7. The first-order valence-electron chi connectivity index (χ1n) is 14.5. The Morgan fingerprint density at radius 3 is 2.53 bits per heavy atom.